The van der Waals surface area contributed by atoms with Gasteiger partial charge < -0.3 is 10.1 Å². The Balaban J connectivity index is 1.52. The third-order valence-electron chi connectivity index (χ3n) is 5.78. The fourth-order valence-electron chi connectivity index (χ4n) is 3.76. The summed E-state index contributed by atoms with van der Waals surface area (Å²) in [5.41, 5.74) is 0.710. The molecular weight excluding hydrogens is 490 g/mol. The molecule has 9 nitrogen and oxygen atoms in total. The molecule has 0 aliphatic heterocycles. The highest BCUT2D eigenvalue weighted by molar-refractivity contribution is 7.88. The molecule has 0 bridgehead atoms. The summed E-state index contributed by atoms with van der Waals surface area (Å²) < 4.78 is 36.3. The van der Waals surface area contributed by atoms with Crippen LogP contribution in [0, 0.1) is 0 Å². The Hall–Kier alpha value is -4.02. The van der Waals surface area contributed by atoms with E-state index in [1.807, 2.05) is 43.3 Å². The Morgan fingerprint density at radius 1 is 1.00 bits per heavy atom. The molecule has 3 aromatic carbocycles. The number of carbonyl (C=O) groups is 1. The number of nitrogens with zero attached hydrogens (tertiary/aromatic N) is 3. The van der Waals surface area contributed by atoms with E-state index in [2.05, 4.69) is 20.1 Å². The summed E-state index contributed by atoms with van der Waals surface area (Å²) in [5, 5.41) is 7.01. The monoisotopic (exact) mass is 519 g/mol. The first-order chi connectivity index (χ1) is 17.7. The van der Waals surface area contributed by atoms with Gasteiger partial charge in [-0.2, -0.15) is 9.82 Å². The van der Waals surface area contributed by atoms with E-state index in [1.165, 1.54) is 13.3 Å². The predicted molar refractivity (Wildman–Crippen MR) is 140 cm³/mol. The van der Waals surface area contributed by atoms with Crippen molar-refractivity contribution in [2.24, 2.45) is 0 Å². The number of rotatable bonds is 11. The molecular formula is C27H29N5O4S. The van der Waals surface area contributed by atoms with Crippen molar-refractivity contribution in [1.82, 2.24) is 24.8 Å². The molecule has 0 spiro atoms. The number of benzene rings is 3. The molecule has 1 amide bonds. The lowest BCUT2D eigenvalue weighted by Gasteiger charge is -2.31. The molecule has 1 aromatic heterocycles. The van der Waals surface area contributed by atoms with Crippen molar-refractivity contribution < 1.29 is 17.9 Å². The van der Waals surface area contributed by atoms with Crippen molar-refractivity contribution in [3.63, 3.8) is 0 Å². The average molecular weight is 520 g/mol. The van der Waals surface area contributed by atoms with Gasteiger partial charge in [-0.05, 0) is 49.2 Å². The SMILES string of the molecule is CC(NC(=O)C(C)(COc1ccc(-n2cncn2)cc1)NS(=O)(=O)Cc1ccccc1)c1ccccc1. The second-order valence-electron chi connectivity index (χ2n) is 8.91. The minimum Gasteiger partial charge on any atom is -0.491 e. The molecule has 4 rings (SSSR count). The lowest BCUT2D eigenvalue weighted by molar-refractivity contribution is -0.128. The smallest absolute Gasteiger partial charge is 0.245 e. The van der Waals surface area contributed by atoms with Gasteiger partial charge in [0.15, 0.2) is 0 Å². The van der Waals surface area contributed by atoms with Gasteiger partial charge in [0.1, 0.15) is 30.5 Å². The molecule has 10 heteroatoms. The fraction of sp³-hybridized carbons (Fsp3) is 0.222. The van der Waals surface area contributed by atoms with Crippen LogP contribution in [-0.2, 0) is 20.6 Å². The molecule has 2 atom stereocenters. The van der Waals surface area contributed by atoms with Crippen LogP contribution in [-0.4, -0.2) is 41.2 Å². The molecule has 0 saturated carbocycles. The molecule has 0 fully saturated rings. The molecule has 0 aliphatic rings. The Morgan fingerprint density at radius 2 is 1.65 bits per heavy atom. The molecule has 2 N–H and O–H groups in total. The zero-order valence-corrected chi connectivity index (χ0v) is 21.4. The number of hydrogen-bond donors (Lipinski definition) is 2. The molecule has 1 heterocycles. The normalized spacial score (nSPS) is 13.9. The summed E-state index contributed by atoms with van der Waals surface area (Å²) in [6.45, 7) is 3.14. The zero-order valence-electron chi connectivity index (χ0n) is 20.6. The van der Waals surface area contributed by atoms with Crippen LogP contribution >= 0.6 is 0 Å². The van der Waals surface area contributed by atoms with Crippen LogP contribution in [0.3, 0.4) is 0 Å². The first kappa shape index (κ1) is 26.1. The Kier molecular flexibility index (Phi) is 8.00. The Bertz CT molecular complexity index is 1400. The number of sulfonamides is 1. The van der Waals surface area contributed by atoms with E-state index in [0.717, 1.165) is 11.3 Å². The van der Waals surface area contributed by atoms with Gasteiger partial charge in [0.2, 0.25) is 15.9 Å². The van der Waals surface area contributed by atoms with Crippen LogP contribution in [0.25, 0.3) is 5.69 Å². The zero-order chi connectivity index (χ0) is 26.3. The number of hydrogen-bond acceptors (Lipinski definition) is 6. The summed E-state index contributed by atoms with van der Waals surface area (Å²) in [7, 11) is -3.89. The van der Waals surface area contributed by atoms with Gasteiger partial charge in [-0.25, -0.2) is 18.1 Å². The number of carbonyl (C=O) groups excluding carboxylic acids is 1. The molecule has 0 saturated heterocycles. The van der Waals surface area contributed by atoms with E-state index >= 15 is 0 Å². The van der Waals surface area contributed by atoms with Gasteiger partial charge in [-0.3, -0.25) is 4.79 Å². The van der Waals surface area contributed by atoms with E-state index in [1.54, 1.807) is 59.5 Å². The topological polar surface area (TPSA) is 115 Å². The highest BCUT2D eigenvalue weighted by atomic mass is 32.2. The minimum absolute atomic E-state index is 0.225. The van der Waals surface area contributed by atoms with E-state index in [0.29, 0.717) is 11.3 Å². The van der Waals surface area contributed by atoms with E-state index in [4.69, 9.17) is 4.74 Å². The molecule has 192 valence electrons. The number of aromatic nitrogens is 3. The Labute approximate surface area is 216 Å². The lowest BCUT2D eigenvalue weighted by Crippen LogP contribution is -2.60. The maximum Gasteiger partial charge on any atom is 0.245 e. The standard InChI is InChI=1S/C27H29N5O4S/c1-21(23-11-7-4-8-12-23)30-26(33)27(2,31-37(34,35)17-22-9-5-3-6-10-22)18-36-25-15-13-24(14-16-25)32-20-28-19-29-32/h3-16,19-21,31H,17-18H2,1-2H3,(H,30,33). The van der Waals surface area contributed by atoms with Crippen LogP contribution < -0.4 is 14.8 Å². The first-order valence-electron chi connectivity index (χ1n) is 11.7. The summed E-state index contributed by atoms with van der Waals surface area (Å²) in [6, 6.07) is 24.9. The summed E-state index contributed by atoms with van der Waals surface area (Å²) >= 11 is 0. The van der Waals surface area contributed by atoms with Crippen LogP contribution in [0.2, 0.25) is 0 Å². The molecule has 2 unspecified atom stereocenters. The summed E-state index contributed by atoms with van der Waals surface area (Å²) in [4.78, 5) is 17.4. The van der Waals surface area contributed by atoms with Crippen LogP contribution in [0.5, 0.6) is 5.75 Å². The molecule has 0 radical (unpaired) electrons. The maximum atomic E-state index is 13.5. The van der Waals surface area contributed by atoms with Crippen molar-refractivity contribution in [2.75, 3.05) is 6.61 Å². The summed E-state index contributed by atoms with van der Waals surface area (Å²) in [5.74, 6) is -0.293. The van der Waals surface area contributed by atoms with Crippen molar-refractivity contribution >= 4 is 15.9 Å². The Morgan fingerprint density at radius 3 is 2.27 bits per heavy atom. The van der Waals surface area contributed by atoms with Gasteiger partial charge in [0.25, 0.3) is 0 Å². The van der Waals surface area contributed by atoms with Crippen LogP contribution in [0.1, 0.15) is 31.0 Å². The van der Waals surface area contributed by atoms with E-state index < -0.39 is 21.5 Å². The highest BCUT2D eigenvalue weighted by Gasteiger charge is 2.39. The second-order valence-corrected chi connectivity index (χ2v) is 10.6. The predicted octanol–water partition coefficient (Wildman–Crippen LogP) is 3.40. The van der Waals surface area contributed by atoms with Gasteiger partial charge in [-0.1, -0.05) is 60.7 Å². The third-order valence-corrected chi connectivity index (χ3v) is 7.25. The van der Waals surface area contributed by atoms with Gasteiger partial charge in [0, 0.05) is 0 Å². The molecule has 4 aromatic rings. The lowest BCUT2D eigenvalue weighted by atomic mass is 10.0. The van der Waals surface area contributed by atoms with E-state index in [-0.39, 0.29) is 18.4 Å². The number of ether oxygens (including phenoxy) is 1. The van der Waals surface area contributed by atoms with Crippen LogP contribution in [0.4, 0.5) is 0 Å². The summed E-state index contributed by atoms with van der Waals surface area (Å²) in [6.07, 6.45) is 3.01. The second kappa shape index (κ2) is 11.4. The highest BCUT2D eigenvalue weighted by Crippen LogP contribution is 2.19. The van der Waals surface area contributed by atoms with Crippen molar-refractivity contribution in [3.05, 3.63) is 109 Å². The molecule has 37 heavy (non-hydrogen) atoms. The third kappa shape index (κ3) is 7.02. The van der Waals surface area contributed by atoms with Crippen LogP contribution in [0.15, 0.2) is 97.6 Å². The largest absolute Gasteiger partial charge is 0.491 e. The number of nitrogens with one attached hydrogen (secondary N) is 2. The fourth-order valence-corrected chi connectivity index (χ4v) is 5.30. The minimum atomic E-state index is -3.89. The first-order valence-corrected chi connectivity index (χ1v) is 13.4. The van der Waals surface area contributed by atoms with Gasteiger partial charge in [0.05, 0.1) is 17.5 Å². The maximum absolute atomic E-state index is 13.5. The van der Waals surface area contributed by atoms with Crippen molar-refractivity contribution in [1.29, 1.82) is 0 Å². The van der Waals surface area contributed by atoms with Crippen molar-refractivity contribution in [2.45, 2.75) is 31.2 Å². The van der Waals surface area contributed by atoms with Gasteiger partial charge >= 0.3 is 0 Å². The average Bonchev–Trinajstić information content (AvgIpc) is 3.43. The quantitative estimate of drug-likeness (QED) is 0.314. The number of amides is 1. The molecule has 0 aliphatic carbocycles. The van der Waals surface area contributed by atoms with E-state index in [9.17, 15) is 13.2 Å². The van der Waals surface area contributed by atoms with Crippen molar-refractivity contribution in [3.8, 4) is 11.4 Å². The van der Waals surface area contributed by atoms with Gasteiger partial charge in [-0.15, -0.1) is 0 Å².